The van der Waals surface area contributed by atoms with Crippen molar-refractivity contribution in [3.05, 3.63) is 29.8 Å². The molecule has 0 spiro atoms. The number of hydrogen-bond acceptors (Lipinski definition) is 4. The smallest absolute Gasteiger partial charge is 0.0605 e. The summed E-state index contributed by atoms with van der Waals surface area (Å²) in [4.78, 5) is 7.84. The third-order valence-corrected chi connectivity index (χ3v) is 7.89. The average molecular weight is 454 g/mol. The van der Waals surface area contributed by atoms with Crippen molar-refractivity contribution in [1.82, 2.24) is 4.90 Å². The van der Waals surface area contributed by atoms with Crippen LogP contribution in [0.5, 0.6) is 0 Å². The van der Waals surface area contributed by atoms with Gasteiger partial charge < -0.3 is 14.5 Å². The molecule has 3 aliphatic rings. The Hall–Kier alpha value is -1.52. The lowest BCUT2D eigenvalue weighted by Crippen LogP contribution is -2.46. The Morgan fingerprint density at radius 1 is 0.939 bits per heavy atom. The minimum absolute atomic E-state index is 0.237. The number of anilines is 2. The fourth-order valence-corrected chi connectivity index (χ4v) is 6.69. The normalized spacial score (nSPS) is 24.1. The van der Waals surface area contributed by atoms with Crippen molar-refractivity contribution in [2.45, 2.75) is 72.8 Å². The van der Waals surface area contributed by atoms with Crippen molar-refractivity contribution >= 4 is 16.9 Å². The Labute approximate surface area is 203 Å². The van der Waals surface area contributed by atoms with Crippen LogP contribution >= 0.6 is 0 Å². The number of rotatable bonds is 6. The van der Waals surface area contributed by atoms with Gasteiger partial charge in [0, 0.05) is 63.3 Å². The van der Waals surface area contributed by atoms with Crippen LogP contribution in [0.25, 0.3) is 5.57 Å². The van der Waals surface area contributed by atoms with Crippen LogP contribution in [0.1, 0.15) is 72.3 Å². The third-order valence-electron chi connectivity index (χ3n) is 7.89. The van der Waals surface area contributed by atoms with Gasteiger partial charge in [-0.05, 0) is 73.3 Å². The number of piperazine rings is 1. The molecule has 0 amide bonds. The molecule has 0 unspecified atom stereocenters. The highest BCUT2D eigenvalue weighted by atomic mass is 16.5. The van der Waals surface area contributed by atoms with Crippen LogP contribution in [-0.2, 0) is 4.74 Å². The van der Waals surface area contributed by atoms with Gasteiger partial charge in [-0.2, -0.15) is 0 Å². The van der Waals surface area contributed by atoms with E-state index in [1.807, 2.05) is 7.11 Å². The zero-order valence-corrected chi connectivity index (χ0v) is 22.1. The molecule has 0 N–H and O–H groups in total. The first-order valence-corrected chi connectivity index (χ1v) is 13.3. The van der Waals surface area contributed by atoms with Crippen LogP contribution < -0.4 is 9.80 Å². The second-order valence-electron chi connectivity index (χ2n) is 12.1. The van der Waals surface area contributed by atoms with Gasteiger partial charge in [0.15, 0.2) is 0 Å². The summed E-state index contributed by atoms with van der Waals surface area (Å²) in [6, 6.07) is 7.33. The molecule has 184 valence electrons. The van der Waals surface area contributed by atoms with Gasteiger partial charge in [0.05, 0.1) is 6.10 Å². The lowest BCUT2D eigenvalue weighted by Gasteiger charge is -2.42. The second kappa shape index (κ2) is 10.00. The molecular weight excluding hydrogens is 406 g/mol. The number of piperidine rings is 1. The molecule has 1 aromatic carbocycles. The molecule has 4 rings (SSSR count). The molecule has 4 heteroatoms. The van der Waals surface area contributed by atoms with E-state index in [9.17, 15) is 0 Å². The second-order valence-corrected chi connectivity index (χ2v) is 12.1. The van der Waals surface area contributed by atoms with Crippen LogP contribution in [0.2, 0.25) is 0 Å². The largest absolute Gasteiger partial charge is 0.381 e. The van der Waals surface area contributed by atoms with E-state index in [2.05, 4.69) is 73.6 Å². The molecule has 4 nitrogen and oxygen atoms in total. The van der Waals surface area contributed by atoms with Crippen molar-refractivity contribution in [3.8, 4) is 0 Å². The Morgan fingerprint density at radius 3 is 2.24 bits per heavy atom. The van der Waals surface area contributed by atoms with Gasteiger partial charge in [-0.3, -0.25) is 4.90 Å². The molecule has 0 saturated carbocycles. The summed E-state index contributed by atoms with van der Waals surface area (Å²) < 4.78 is 5.62. The summed E-state index contributed by atoms with van der Waals surface area (Å²) >= 11 is 0. The fraction of sp³-hybridized carbons (Fsp3) is 0.724. The lowest BCUT2D eigenvalue weighted by atomic mass is 9.65. The molecule has 2 heterocycles. The SMILES string of the molecule is CCCN1CCN(c2ccc(N3CCC(OC)CC3)cc2C2=CC(C)(C)CC(C)(C)C2)CC1. The number of benzene rings is 1. The molecule has 2 fully saturated rings. The number of methoxy groups -OCH3 is 1. The Morgan fingerprint density at radius 2 is 1.64 bits per heavy atom. The molecule has 0 bridgehead atoms. The van der Waals surface area contributed by atoms with E-state index in [-0.39, 0.29) is 5.41 Å². The molecule has 0 aromatic heterocycles. The van der Waals surface area contributed by atoms with E-state index < -0.39 is 0 Å². The van der Waals surface area contributed by atoms with E-state index in [4.69, 9.17) is 4.74 Å². The van der Waals surface area contributed by atoms with E-state index in [1.54, 1.807) is 5.57 Å². The predicted molar refractivity (Wildman–Crippen MR) is 142 cm³/mol. The maximum absolute atomic E-state index is 5.62. The van der Waals surface area contributed by atoms with Crippen LogP contribution in [0.15, 0.2) is 24.3 Å². The van der Waals surface area contributed by atoms with Crippen molar-refractivity contribution in [3.63, 3.8) is 0 Å². The van der Waals surface area contributed by atoms with Crippen LogP contribution in [0.3, 0.4) is 0 Å². The zero-order valence-electron chi connectivity index (χ0n) is 22.1. The van der Waals surface area contributed by atoms with E-state index in [0.29, 0.717) is 11.5 Å². The van der Waals surface area contributed by atoms with Gasteiger partial charge in [0.2, 0.25) is 0 Å². The van der Waals surface area contributed by atoms with E-state index >= 15 is 0 Å². The quantitative estimate of drug-likeness (QED) is 0.521. The summed E-state index contributed by atoms with van der Waals surface area (Å²) in [6.45, 7) is 20.0. The van der Waals surface area contributed by atoms with Crippen LogP contribution in [0, 0.1) is 10.8 Å². The first-order chi connectivity index (χ1) is 15.7. The summed E-state index contributed by atoms with van der Waals surface area (Å²) in [5.74, 6) is 0. The first-order valence-electron chi connectivity index (χ1n) is 13.3. The number of hydrogen-bond donors (Lipinski definition) is 0. The third kappa shape index (κ3) is 5.95. The summed E-state index contributed by atoms with van der Waals surface area (Å²) in [5.41, 5.74) is 6.43. The Balaban J connectivity index is 1.66. The fourth-order valence-electron chi connectivity index (χ4n) is 6.69. The van der Waals surface area contributed by atoms with Gasteiger partial charge in [-0.15, -0.1) is 0 Å². The molecule has 2 aliphatic heterocycles. The summed E-state index contributed by atoms with van der Waals surface area (Å²) in [5, 5.41) is 0. The van der Waals surface area contributed by atoms with Crippen molar-refractivity contribution in [1.29, 1.82) is 0 Å². The monoisotopic (exact) mass is 453 g/mol. The highest BCUT2D eigenvalue weighted by Gasteiger charge is 2.35. The molecule has 1 aromatic rings. The maximum atomic E-state index is 5.62. The van der Waals surface area contributed by atoms with Crippen molar-refractivity contribution < 1.29 is 4.74 Å². The molecule has 33 heavy (non-hydrogen) atoms. The number of allylic oxidation sites excluding steroid dienone is 2. The zero-order chi connectivity index (χ0) is 23.6. The average Bonchev–Trinajstić information content (AvgIpc) is 2.77. The number of nitrogens with zero attached hydrogens (tertiary/aromatic N) is 3. The van der Waals surface area contributed by atoms with Gasteiger partial charge in [0.25, 0.3) is 0 Å². The Kier molecular flexibility index (Phi) is 7.45. The minimum Gasteiger partial charge on any atom is -0.381 e. The molecule has 0 radical (unpaired) electrons. The molecule has 0 atom stereocenters. The van der Waals surface area contributed by atoms with Gasteiger partial charge in [0.1, 0.15) is 0 Å². The van der Waals surface area contributed by atoms with Crippen LogP contribution in [0.4, 0.5) is 11.4 Å². The van der Waals surface area contributed by atoms with Crippen molar-refractivity contribution in [2.24, 2.45) is 10.8 Å². The van der Waals surface area contributed by atoms with E-state index in [1.165, 1.54) is 49.4 Å². The van der Waals surface area contributed by atoms with Gasteiger partial charge in [-0.25, -0.2) is 0 Å². The number of ether oxygens (including phenoxy) is 1. The standard InChI is InChI=1S/C29H47N3O/c1-7-12-30-15-17-32(18-16-30)27-9-8-24(31-13-10-25(33-6)11-14-31)19-26(27)23-20-28(2,3)22-29(4,5)21-23/h8-9,19-20,25H,7,10-18,21-22H2,1-6H3. The van der Waals surface area contributed by atoms with Crippen LogP contribution in [-0.4, -0.2) is 63.9 Å². The lowest BCUT2D eigenvalue weighted by molar-refractivity contribution is 0.0819. The van der Waals surface area contributed by atoms with Gasteiger partial charge >= 0.3 is 0 Å². The molecule has 1 aliphatic carbocycles. The topological polar surface area (TPSA) is 19.0 Å². The first kappa shape index (κ1) is 24.6. The Bertz CT molecular complexity index is 827. The highest BCUT2D eigenvalue weighted by Crippen LogP contribution is 2.49. The maximum Gasteiger partial charge on any atom is 0.0605 e. The minimum atomic E-state index is 0.237. The van der Waals surface area contributed by atoms with Crippen molar-refractivity contribution in [2.75, 3.05) is 62.7 Å². The highest BCUT2D eigenvalue weighted by molar-refractivity contribution is 5.81. The van der Waals surface area contributed by atoms with E-state index in [0.717, 1.165) is 45.4 Å². The summed E-state index contributed by atoms with van der Waals surface area (Å²) in [6.07, 6.45) is 8.91. The van der Waals surface area contributed by atoms with Gasteiger partial charge in [-0.1, -0.05) is 40.7 Å². The molecule has 2 saturated heterocycles. The predicted octanol–water partition coefficient (Wildman–Crippen LogP) is 6.06. The molecular formula is C29H47N3O. The summed E-state index contributed by atoms with van der Waals surface area (Å²) in [7, 11) is 1.85.